The molecular weight excluding hydrogens is 188 g/mol. The zero-order valence-corrected chi connectivity index (χ0v) is 9.31. The molecule has 0 amide bonds. The highest BCUT2D eigenvalue weighted by atomic mass is 16.5. The molecule has 1 heterocycles. The Kier molecular flexibility index (Phi) is 2.96. The van der Waals surface area contributed by atoms with Gasteiger partial charge in [0.1, 0.15) is 11.9 Å². The van der Waals surface area contributed by atoms with Gasteiger partial charge < -0.3 is 9.84 Å². The average molecular weight is 206 g/mol. The number of aliphatic hydroxyl groups is 1. The fraction of sp³-hybridized carbons (Fsp3) is 0.538. The van der Waals surface area contributed by atoms with Crippen molar-refractivity contribution in [2.75, 3.05) is 0 Å². The van der Waals surface area contributed by atoms with E-state index in [1.54, 1.807) is 0 Å². The number of benzene rings is 1. The van der Waals surface area contributed by atoms with Gasteiger partial charge in [-0.05, 0) is 30.9 Å². The molecule has 2 heteroatoms. The predicted molar refractivity (Wildman–Crippen MR) is 60.0 cm³/mol. The third kappa shape index (κ3) is 2.32. The Balaban J connectivity index is 1.96. The second-order valence-electron chi connectivity index (χ2n) is 4.51. The third-order valence-corrected chi connectivity index (χ3v) is 3.17. The van der Waals surface area contributed by atoms with E-state index in [0.29, 0.717) is 5.92 Å². The fourth-order valence-electron chi connectivity index (χ4n) is 2.00. The van der Waals surface area contributed by atoms with E-state index >= 15 is 0 Å². The molecule has 3 unspecified atom stereocenters. The average Bonchev–Trinajstić information content (AvgIpc) is 2.59. The van der Waals surface area contributed by atoms with Gasteiger partial charge in [-0.15, -0.1) is 0 Å². The summed E-state index contributed by atoms with van der Waals surface area (Å²) in [4.78, 5) is 0. The van der Waals surface area contributed by atoms with E-state index in [1.165, 1.54) is 5.56 Å². The van der Waals surface area contributed by atoms with Gasteiger partial charge in [-0.2, -0.15) is 0 Å². The van der Waals surface area contributed by atoms with Gasteiger partial charge in [-0.25, -0.2) is 0 Å². The minimum Gasteiger partial charge on any atom is -0.490 e. The van der Waals surface area contributed by atoms with Crippen molar-refractivity contribution in [1.29, 1.82) is 0 Å². The highest BCUT2D eigenvalue weighted by molar-refractivity contribution is 5.37. The van der Waals surface area contributed by atoms with Crippen LogP contribution in [-0.4, -0.2) is 17.3 Å². The van der Waals surface area contributed by atoms with Gasteiger partial charge in [0.05, 0.1) is 6.10 Å². The third-order valence-electron chi connectivity index (χ3n) is 3.17. The molecular formula is C13H18O2. The number of hydrogen-bond acceptors (Lipinski definition) is 2. The van der Waals surface area contributed by atoms with Crippen LogP contribution in [-0.2, 0) is 6.42 Å². The van der Waals surface area contributed by atoms with Crippen molar-refractivity contribution >= 4 is 0 Å². The zero-order chi connectivity index (χ0) is 10.8. The molecule has 3 atom stereocenters. The van der Waals surface area contributed by atoms with Crippen LogP contribution in [0, 0.1) is 5.92 Å². The van der Waals surface area contributed by atoms with Gasteiger partial charge in [0.2, 0.25) is 0 Å². The van der Waals surface area contributed by atoms with Crippen LogP contribution in [0.4, 0.5) is 0 Å². The number of ether oxygens (including phenoxy) is 1. The van der Waals surface area contributed by atoms with Gasteiger partial charge in [0.25, 0.3) is 0 Å². The number of para-hydroxylation sites is 1. The van der Waals surface area contributed by atoms with Crippen molar-refractivity contribution in [2.24, 2.45) is 5.92 Å². The van der Waals surface area contributed by atoms with E-state index in [4.69, 9.17) is 4.74 Å². The topological polar surface area (TPSA) is 29.5 Å². The molecule has 15 heavy (non-hydrogen) atoms. The van der Waals surface area contributed by atoms with Crippen molar-refractivity contribution in [3.8, 4) is 5.75 Å². The number of hydrogen-bond donors (Lipinski definition) is 1. The molecule has 0 saturated heterocycles. The van der Waals surface area contributed by atoms with Crippen LogP contribution in [0.1, 0.15) is 25.8 Å². The normalized spacial score (nSPS) is 23.0. The second kappa shape index (κ2) is 4.23. The maximum atomic E-state index is 9.44. The lowest BCUT2D eigenvalue weighted by molar-refractivity contribution is 0.0980. The van der Waals surface area contributed by atoms with Crippen molar-refractivity contribution < 1.29 is 9.84 Å². The Labute approximate surface area is 90.9 Å². The SMILES string of the molecule is CC(O)C(C)CC1Cc2ccccc2O1. The summed E-state index contributed by atoms with van der Waals surface area (Å²) >= 11 is 0. The second-order valence-corrected chi connectivity index (χ2v) is 4.51. The first-order chi connectivity index (χ1) is 7.16. The fourth-order valence-corrected chi connectivity index (χ4v) is 2.00. The van der Waals surface area contributed by atoms with Gasteiger partial charge in [0.15, 0.2) is 0 Å². The molecule has 0 radical (unpaired) electrons. The van der Waals surface area contributed by atoms with Gasteiger partial charge >= 0.3 is 0 Å². The molecule has 2 rings (SSSR count). The summed E-state index contributed by atoms with van der Waals surface area (Å²) in [5.74, 6) is 1.31. The first-order valence-electron chi connectivity index (χ1n) is 5.59. The molecule has 1 aromatic rings. The number of rotatable bonds is 3. The first-order valence-corrected chi connectivity index (χ1v) is 5.59. The van der Waals surface area contributed by atoms with E-state index in [9.17, 15) is 5.11 Å². The number of fused-ring (bicyclic) bond motifs is 1. The van der Waals surface area contributed by atoms with Crippen molar-refractivity contribution in [1.82, 2.24) is 0 Å². The Morgan fingerprint density at radius 3 is 2.80 bits per heavy atom. The summed E-state index contributed by atoms with van der Waals surface area (Å²) in [6.45, 7) is 3.91. The lowest BCUT2D eigenvalue weighted by Gasteiger charge is -2.18. The molecule has 0 fully saturated rings. The van der Waals surface area contributed by atoms with Gasteiger partial charge in [-0.1, -0.05) is 25.1 Å². The highest BCUT2D eigenvalue weighted by Crippen LogP contribution is 2.31. The van der Waals surface area contributed by atoms with Crippen LogP contribution < -0.4 is 4.74 Å². The summed E-state index contributed by atoms with van der Waals surface area (Å²) in [6, 6.07) is 8.17. The first kappa shape index (κ1) is 10.5. The highest BCUT2D eigenvalue weighted by Gasteiger charge is 2.25. The van der Waals surface area contributed by atoms with Crippen LogP contribution in [0.3, 0.4) is 0 Å². The molecule has 0 bridgehead atoms. The Bertz CT molecular complexity index is 308. The van der Waals surface area contributed by atoms with Gasteiger partial charge in [-0.3, -0.25) is 0 Å². The van der Waals surface area contributed by atoms with Crippen molar-refractivity contribution in [2.45, 2.75) is 38.9 Å². The lowest BCUT2D eigenvalue weighted by Crippen LogP contribution is -2.23. The summed E-state index contributed by atoms with van der Waals surface area (Å²) < 4.78 is 5.82. The quantitative estimate of drug-likeness (QED) is 0.823. The van der Waals surface area contributed by atoms with Crippen molar-refractivity contribution in [3.63, 3.8) is 0 Å². The summed E-state index contributed by atoms with van der Waals surface area (Å²) in [5, 5.41) is 9.44. The smallest absolute Gasteiger partial charge is 0.123 e. The molecule has 0 aliphatic carbocycles. The molecule has 1 aliphatic heterocycles. The van der Waals surface area contributed by atoms with Crippen LogP contribution in [0.2, 0.25) is 0 Å². The van der Waals surface area contributed by atoms with E-state index in [-0.39, 0.29) is 12.2 Å². The molecule has 1 N–H and O–H groups in total. The van der Waals surface area contributed by atoms with Gasteiger partial charge in [0, 0.05) is 6.42 Å². The molecule has 2 nitrogen and oxygen atoms in total. The molecule has 0 aromatic heterocycles. The minimum absolute atomic E-state index is 0.243. The Morgan fingerprint density at radius 2 is 2.13 bits per heavy atom. The van der Waals surface area contributed by atoms with E-state index in [0.717, 1.165) is 18.6 Å². The van der Waals surface area contributed by atoms with E-state index in [2.05, 4.69) is 13.0 Å². The lowest BCUT2D eigenvalue weighted by atomic mass is 9.96. The molecule has 82 valence electrons. The summed E-state index contributed by atoms with van der Waals surface area (Å²) in [5.41, 5.74) is 1.29. The van der Waals surface area contributed by atoms with E-state index in [1.807, 2.05) is 25.1 Å². The largest absolute Gasteiger partial charge is 0.490 e. The van der Waals surface area contributed by atoms with Crippen LogP contribution in [0.5, 0.6) is 5.75 Å². The monoisotopic (exact) mass is 206 g/mol. The standard InChI is InChI=1S/C13H18O2/c1-9(10(2)14)7-12-8-11-5-3-4-6-13(11)15-12/h3-6,9-10,12,14H,7-8H2,1-2H3. The number of aliphatic hydroxyl groups excluding tert-OH is 1. The molecule has 1 aliphatic rings. The maximum absolute atomic E-state index is 9.44. The zero-order valence-electron chi connectivity index (χ0n) is 9.31. The van der Waals surface area contributed by atoms with E-state index < -0.39 is 0 Å². The summed E-state index contributed by atoms with van der Waals surface area (Å²) in [7, 11) is 0. The van der Waals surface area contributed by atoms with Crippen molar-refractivity contribution in [3.05, 3.63) is 29.8 Å². The van der Waals surface area contributed by atoms with Crippen LogP contribution in [0.15, 0.2) is 24.3 Å². The Hall–Kier alpha value is -1.02. The predicted octanol–water partition coefficient (Wildman–Crippen LogP) is 2.40. The maximum Gasteiger partial charge on any atom is 0.123 e. The van der Waals surface area contributed by atoms with Crippen LogP contribution >= 0.6 is 0 Å². The summed E-state index contributed by atoms with van der Waals surface area (Å²) in [6.07, 6.45) is 1.89. The molecule has 0 spiro atoms. The Morgan fingerprint density at radius 1 is 1.40 bits per heavy atom. The van der Waals surface area contributed by atoms with Crippen LogP contribution in [0.25, 0.3) is 0 Å². The molecule has 1 aromatic carbocycles. The minimum atomic E-state index is -0.252. The molecule has 0 saturated carbocycles.